The van der Waals surface area contributed by atoms with Gasteiger partial charge in [0, 0.05) is 25.9 Å². The van der Waals surface area contributed by atoms with Crippen LogP contribution in [0.3, 0.4) is 0 Å². The highest BCUT2D eigenvalue weighted by Gasteiger charge is 2.20. The normalized spacial score (nSPS) is 14.2. The largest absolute Gasteiger partial charge is 0.372 e. The van der Waals surface area contributed by atoms with Crippen molar-refractivity contribution in [2.24, 2.45) is 12.8 Å². The van der Waals surface area contributed by atoms with Crippen molar-refractivity contribution in [3.05, 3.63) is 53.9 Å². The molecule has 0 aliphatic rings. The first-order valence-corrected chi connectivity index (χ1v) is 7.10. The fourth-order valence-corrected chi connectivity index (χ4v) is 2.37. The molecule has 4 heteroatoms. The Morgan fingerprint density at radius 1 is 1.30 bits per heavy atom. The van der Waals surface area contributed by atoms with Gasteiger partial charge in [-0.15, -0.1) is 0 Å². The topological polar surface area (TPSA) is 53.1 Å². The van der Waals surface area contributed by atoms with Crippen LogP contribution in [0, 0.1) is 0 Å². The minimum atomic E-state index is -0.0436. The third-order valence-electron chi connectivity index (χ3n) is 3.39. The summed E-state index contributed by atoms with van der Waals surface area (Å²) in [4.78, 5) is 0. The maximum Gasteiger partial charge on any atom is 0.0975 e. The van der Waals surface area contributed by atoms with E-state index >= 15 is 0 Å². The third-order valence-corrected chi connectivity index (χ3v) is 3.39. The van der Waals surface area contributed by atoms with Crippen molar-refractivity contribution in [1.82, 2.24) is 9.78 Å². The van der Waals surface area contributed by atoms with Gasteiger partial charge in [0.2, 0.25) is 0 Å². The van der Waals surface area contributed by atoms with Crippen molar-refractivity contribution < 1.29 is 4.74 Å². The van der Waals surface area contributed by atoms with Gasteiger partial charge in [0.15, 0.2) is 0 Å². The van der Waals surface area contributed by atoms with Gasteiger partial charge in [-0.3, -0.25) is 4.68 Å². The van der Waals surface area contributed by atoms with E-state index in [0.29, 0.717) is 6.61 Å². The molecule has 2 rings (SSSR count). The summed E-state index contributed by atoms with van der Waals surface area (Å²) in [6.45, 7) is 2.67. The minimum absolute atomic E-state index is 0.0162. The molecule has 0 amide bonds. The number of hydrogen-bond donors (Lipinski definition) is 1. The Morgan fingerprint density at radius 2 is 2.05 bits per heavy atom. The molecule has 2 unspecified atom stereocenters. The van der Waals surface area contributed by atoms with E-state index < -0.39 is 0 Å². The lowest BCUT2D eigenvalue weighted by Gasteiger charge is -2.24. The molecule has 0 saturated carbocycles. The Kier molecular flexibility index (Phi) is 5.32. The number of nitrogens with two attached hydrogens (primary N) is 1. The molecular weight excluding hydrogens is 250 g/mol. The predicted molar refractivity (Wildman–Crippen MR) is 80.3 cm³/mol. The van der Waals surface area contributed by atoms with E-state index in [1.807, 2.05) is 49.2 Å². The Morgan fingerprint density at radius 3 is 2.65 bits per heavy atom. The fraction of sp³-hybridized carbons (Fsp3) is 0.438. The molecule has 1 aromatic carbocycles. The van der Waals surface area contributed by atoms with Gasteiger partial charge in [0.05, 0.1) is 12.3 Å². The molecule has 0 radical (unpaired) electrons. The number of rotatable bonds is 7. The van der Waals surface area contributed by atoms with Gasteiger partial charge in [-0.2, -0.15) is 5.10 Å². The van der Waals surface area contributed by atoms with Gasteiger partial charge in [0.25, 0.3) is 0 Å². The molecule has 0 bridgehead atoms. The molecule has 0 spiro atoms. The second kappa shape index (κ2) is 7.22. The second-order valence-corrected chi connectivity index (χ2v) is 5.01. The Balaban J connectivity index is 1.98. The first kappa shape index (κ1) is 14.8. The zero-order valence-electron chi connectivity index (χ0n) is 12.2. The van der Waals surface area contributed by atoms with Crippen LogP contribution in [0.5, 0.6) is 0 Å². The summed E-state index contributed by atoms with van der Waals surface area (Å²) in [5, 5.41) is 4.18. The molecule has 1 aromatic heterocycles. The molecule has 20 heavy (non-hydrogen) atoms. The van der Waals surface area contributed by atoms with Crippen LogP contribution in [0.15, 0.2) is 42.7 Å². The van der Waals surface area contributed by atoms with Crippen LogP contribution in [0.2, 0.25) is 0 Å². The molecule has 108 valence electrons. The van der Waals surface area contributed by atoms with Crippen LogP contribution < -0.4 is 5.73 Å². The number of hydrogen-bond acceptors (Lipinski definition) is 3. The van der Waals surface area contributed by atoms with E-state index in [2.05, 4.69) is 17.2 Å². The lowest BCUT2D eigenvalue weighted by Crippen LogP contribution is -2.31. The molecule has 0 fully saturated rings. The first-order valence-electron chi connectivity index (χ1n) is 7.10. The van der Waals surface area contributed by atoms with Crippen molar-refractivity contribution in [1.29, 1.82) is 0 Å². The van der Waals surface area contributed by atoms with Crippen molar-refractivity contribution in [2.75, 3.05) is 6.61 Å². The molecule has 2 atom stereocenters. The maximum absolute atomic E-state index is 6.34. The van der Waals surface area contributed by atoms with Crippen molar-refractivity contribution in [3.8, 4) is 0 Å². The second-order valence-electron chi connectivity index (χ2n) is 5.01. The summed E-state index contributed by atoms with van der Waals surface area (Å²) in [6.07, 6.45) is 5.69. The lowest BCUT2D eigenvalue weighted by atomic mass is 9.97. The van der Waals surface area contributed by atoms with E-state index in [9.17, 15) is 0 Å². The average molecular weight is 273 g/mol. The van der Waals surface area contributed by atoms with E-state index in [1.54, 1.807) is 0 Å². The Hall–Kier alpha value is -1.65. The van der Waals surface area contributed by atoms with E-state index in [-0.39, 0.29) is 12.1 Å². The van der Waals surface area contributed by atoms with Gasteiger partial charge in [-0.25, -0.2) is 0 Å². The SMILES string of the molecule is CCOC(c1ccccc1)C(N)CCc1cnn(C)c1. The van der Waals surface area contributed by atoms with Crippen LogP contribution in [-0.4, -0.2) is 22.4 Å². The third kappa shape index (κ3) is 3.92. The molecule has 0 saturated heterocycles. The predicted octanol–water partition coefficient (Wildman–Crippen LogP) is 2.46. The summed E-state index contributed by atoms with van der Waals surface area (Å²) in [5.41, 5.74) is 8.70. The van der Waals surface area contributed by atoms with Crippen LogP contribution in [0.4, 0.5) is 0 Å². The van der Waals surface area contributed by atoms with E-state index in [0.717, 1.165) is 18.4 Å². The van der Waals surface area contributed by atoms with Crippen molar-refractivity contribution >= 4 is 0 Å². The summed E-state index contributed by atoms with van der Waals surface area (Å²) in [6, 6.07) is 10.2. The van der Waals surface area contributed by atoms with Crippen LogP contribution in [0.1, 0.15) is 30.6 Å². The van der Waals surface area contributed by atoms with Crippen LogP contribution >= 0.6 is 0 Å². The molecular formula is C16H23N3O. The number of benzene rings is 1. The van der Waals surface area contributed by atoms with Crippen LogP contribution in [0.25, 0.3) is 0 Å². The maximum atomic E-state index is 6.34. The molecule has 0 aliphatic carbocycles. The smallest absolute Gasteiger partial charge is 0.0975 e. The molecule has 2 N–H and O–H groups in total. The Bertz CT molecular complexity index is 509. The zero-order chi connectivity index (χ0) is 14.4. The first-order chi connectivity index (χ1) is 9.70. The molecule has 4 nitrogen and oxygen atoms in total. The molecule has 1 heterocycles. The van der Waals surface area contributed by atoms with Crippen LogP contribution in [-0.2, 0) is 18.2 Å². The summed E-state index contributed by atoms with van der Waals surface area (Å²) >= 11 is 0. The highest BCUT2D eigenvalue weighted by atomic mass is 16.5. The highest BCUT2D eigenvalue weighted by molar-refractivity contribution is 5.19. The summed E-state index contributed by atoms with van der Waals surface area (Å²) in [5.74, 6) is 0. The standard InChI is InChI=1S/C16H23N3O/c1-3-20-16(14-7-5-4-6-8-14)15(17)10-9-13-11-18-19(2)12-13/h4-8,11-12,15-16H,3,9-10,17H2,1-2H3. The zero-order valence-corrected chi connectivity index (χ0v) is 12.2. The van der Waals surface area contributed by atoms with Gasteiger partial charge in [-0.05, 0) is 30.9 Å². The van der Waals surface area contributed by atoms with Gasteiger partial charge < -0.3 is 10.5 Å². The number of ether oxygens (including phenoxy) is 1. The Labute approximate surface area is 120 Å². The number of nitrogens with zero attached hydrogens (tertiary/aromatic N) is 2. The van der Waals surface area contributed by atoms with Gasteiger partial charge >= 0.3 is 0 Å². The summed E-state index contributed by atoms with van der Waals surface area (Å²) in [7, 11) is 1.93. The van der Waals surface area contributed by atoms with E-state index in [4.69, 9.17) is 10.5 Å². The number of aromatic nitrogens is 2. The van der Waals surface area contributed by atoms with Crippen molar-refractivity contribution in [2.45, 2.75) is 31.9 Å². The molecule has 2 aromatic rings. The summed E-state index contributed by atoms with van der Waals surface area (Å²) < 4.78 is 7.66. The average Bonchev–Trinajstić information content (AvgIpc) is 2.89. The molecule has 0 aliphatic heterocycles. The van der Waals surface area contributed by atoms with Crippen molar-refractivity contribution in [3.63, 3.8) is 0 Å². The highest BCUT2D eigenvalue weighted by Crippen LogP contribution is 2.22. The fourth-order valence-electron chi connectivity index (χ4n) is 2.37. The minimum Gasteiger partial charge on any atom is -0.372 e. The monoisotopic (exact) mass is 273 g/mol. The lowest BCUT2D eigenvalue weighted by molar-refractivity contribution is 0.0413. The quantitative estimate of drug-likeness (QED) is 0.843. The number of aryl methyl sites for hydroxylation is 2. The van der Waals surface area contributed by atoms with Gasteiger partial charge in [0.1, 0.15) is 0 Å². The van der Waals surface area contributed by atoms with Gasteiger partial charge in [-0.1, -0.05) is 30.3 Å². The van der Waals surface area contributed by atoms with E-state index in [1.165, 1.54) is 5.56 Å².